The number of fused-ring (bicyclic) bond motifs is 1. The molecule has 0 aliphatic carbocycles. The molecule has 0 fully saturated rings. The zero-order chi connectivity index (χ0) is 14.8. The fourth-order valence-corrected chi connectivity index (χ4v) is 2.39. The van der Waals surface area contributed by atoms with Gasteiger partial charge in [0.05, 0.1) is 7.11 Å². The number of aromatic nitrogens is 2. The first kappa shape index (κ1) is 13.4. The minimum atomic E-state index is 0.614. The standard InChI is InChI=1S/C17H17N3O/c1-11-9-12(2)19-17(18-11)20-16-6-4-5-13-7-8-14(21-3)10-15(13)16/h4-10H,1-3H3,(H,18,19,20). The summed E-state index contributed by atoms with van der Waals surface area (Å²) >= 11 is 0. The van der Waals surface area contributed by atoms with Crippen LogP contribution in [0.15, 0.2) is 42.5 Å². The van der Waals surface area contributed by atoms with Gasteiger partial charge in [-0.1, -0.05) is 18.2 Å². The molecule has 3 aromatic rings. The van der Waals surface area contributed by atoms with Crippen LogP contribution in [0, 0.1) is 13.8 Å². The van der Waals surface area contributed by atoms with E-state index in [0.29, 0.717) is 5.95 Å². The molecule has 0 unspecified atom stereocenters. The molecule has 0 radical (unpaired) electrons. The number of hydrogen-bond donors (Lipinski definition) is 1. The summed E-state index contributed by atoms with van der Waals surface area (Å²) < 4.78 is 5.31. The fraction of sp³-hybridized carbons (Fsp3) is 0.176. The molecule has 0 amide bonds. The molecule has 2 aromatic carbocycles. The van der Waals surface area contributed by atoms with Gasteiger partial charge in [-0.25, -0.2) is 9.97 Å². The van der Waals surface area contributed by atoms with Crippen molar-refractivity contribution in [2.24, 2.45) is 0 Å². The molecule has 3 rings (SSSR count). The largest absolute Gasteiger partial charge is 0.497 e. The van der Waals surface area contributed by atoms with E-state index < -0.39 is 0 Å². The monoisotopic (exact) mass is 279 g/mol. The SMILES string of the molecule is COc1ccc2cccc(Nc3nc(C)cc(C)n3)c2c1. The van der Waals surface area contributed by atoms with E-state index >= 15 is 0 Å². The summed E-state index contributed by atoms with van der Waals surface area (Å²) in [5.41, 5.74) is 2.86. The highest BCUT2D eigenvalue weighted by atomic mass is 16.5. The van der Waals surface area contributed by atoms with Crippen LogP contribution >= 0.6 is 0 Å². The Kier molecular flexibility index (Phi) is 3.44. The number of benzene rings is 2. The molecule has 21 heavy (non-hydrogen) atoms. The highest BCUT2D eigenvalue weighted by Crippen LogP contribution is 2.28. The van der Waals surface area contributed by atoms with Crippen molar-refractivity contribution in [3.63, 3.8) is 0 Å². The van der Waals surface area contributed by atoms with E-state index in [2.05, 4.69) is 21.4 Å². The van der Waals surface area contributed by atoms with Gasteiger partial charge in [0, 0.05) is 22.5 Å². The predicted molar refractivity (Wildman–Crippen MR) is 85.3 cm³/mol. The smallest absolute Gasteiger partial charge is 0.227 e. The summed E-state index contributed by atoms with van der Waals surface area (Å²) in [4.78, 5) is 8.85. The Bertz CT molecular complexity index is 779. The number of ether oxygens (including phenoxy) is 1. The van der Waals surface area contributed by atoms with Gasteiger partial charge in [-0.05, 0) is 43.5 Å². The van der Waals surface area contributed by atoms with Gasteiger partial charge in [0.15, 0.2) is 0 Å². The molecule has 1 N–H and O–H groups in total. The van der Waals surface area contributed by atoms with E-state index in [-0.39, 0.29) is 0 Å². The van der Waals surface area contributed by atoms with Crippen LogP contribution in [0.4, 0.5) is 11.6 Å². The first-order valence-electron chi connectivity index (χ1n) is 6.82. The van der Waals surface area contributed by atoms with Crippen molar-refractivity contribution >= 4 is 22.4 Å². The molecule has 0 saturated heterocycles. The summed E-state index contributed by atoms with van der Waals surface area (Å²) in [6, 6.07) is 14.1. The van der Waals surface area contributed by atoms with Gasteiger partial charge in [0.2, 0.25) is 5.95 Å². The Hall–Kier alpha value is -2.62. The zero-order valence-electron chi connectivity index (χ0n) is 12.3. The zero-order valence-corrected chi connectivity index (χ0v) is 12.3. The summed E-state index contributed by atoms with van der Waals surface area (Å²) in [7, 11) is 1.67. The fourth-order valence-electron chi connectivity index (χ4n) is 2.39. The molecule has 0 saturated carbocycles. The lowest BCUT2D eigenvalue weighted by Crippen LogP contribution is -2.00. The average molecular weight is 279 g/mol. The van der Waals surface area contributed by atoms with Crippen molar-refractivity contribution in [1.29, 1.82) is 0 Å². The second-order valence-electron chi connectivity index (χ2n) is 4.99. The maximum absolute atomic E-state index is 5.31. The van der Waals surface area contributed by atoms with Gasteiger partial charge in [-0.3, -0.25) is 0 Å². The first-order chi connectivity index (χ1) is 10.2. The molecular weight excluding hydrogens is 262 g/mol. The summed E-state index contributed by atoms with van der Waals surface area (Å²) in [6.07, 6.45) is 0. The van der Waals surface area contributed by atoms with Crippen LogP contribution in [0.2, 0.25) is 0 Å². The van der Waals surface area contributed by atoms with Gasteiger partial charge in [0.1, 0.15) is 5.75 Å². The van der Waals surface area contributed by atoms with Gasteiger partial charge in [-0.2, -0.15) is 0 Å². The number of rotatable bonds is 3. The molecule has 4 nitrogen and oxygen atoms in total. The third-order valence-electron chi connectivity index (χ3n) is 3.32. The number of aryl methyl sites for hydroxylation is 2. The number of nitrogens with one attached hydrogen (secondary N) is 1. The molecule has 0 aliphatic heterocycles. The number of methoxy groups -OCH3 is 1. The normalized spacial score (nSPS) is 10.6. The molecule has 0 bridgehead atoms. The number of hydrogen-bond acceptors (Lipinski definition) is 4. The minimum absolute atomic E-state index is 0.614. The van der Waals surface area contributed by atoms with E-state index in [1.54, 1.807) is 7.11 Å². The van der Waals surface area contributed by atoms with E-state index in [0.717, 1.165) is 33.6 Å². The highest BCUT2D eigenvalue weighted by Gasteiger charge is 2.05. The van der Waals surface area contributed by atoms with Crippen LogP contribution < -0.4 is 10.1 Å². The van der Waals surface area contributed by atoms with Crippen molar-refractivity contribution in [3.8, 4) is 5.75 Å². The second-order valence-corrected chi connectivity index (χ2v) is 4.99. The molecule has 106 valence electrons. The number of nitrogens with zero attached hydrogens (tertiary/aromatic N) is 2. The van der Waals surface area contributed by atoms with E-state index in [9.17, 15) is 0 Å². The third kappa shape index (κ3) is 2.79. The summed E-state index contributed by atoms with van der Waals surface area (Å²) in [5.74, 6) is 1.45. The second kappa shape index (κ2) is 5.40. The lowest BCUT2D eigenvalue weighted by Gasteiger charge is -2.10. The van der Waals surface area contributed by atoms with E-state index in [1.807, 2.05) is 50.2 Å². The lowest BCUT2D eigenvalue weighted by molar-refractivity contribution is 0.415. The van der Waals surface area contributed by atoms with Crippen LogP contribution in [0.1, 0.15) is 11.4 Å². The Morgan fingerprint density at radius 1 is 0.952 bits per heavy atom. The minimum Gasteiger partial charge on any atom is -0.497 e. The topological polar surface area (TPSA) is 47.0 Å². The van der Waals surface area contributed by atoms with Gasteiger partial charge < -0.3 is 10.1 Å². The summed E-state index contributed by atoms with van der Waals surface area (Å²) in [6.45, 7) is 3.93. The van der Waals surface area contributed by atoms with Gasteiger partial charge in [0.25, 0.3) is 0 Å². The summed E-state index contributed by atoms with van der Waals surface area (Å²) in [5, 5.41) is 5.53. The molecule has 0 aliphatic rings. The maximum atomic E-state index is 5.31. The predicted octanol–water partition coefficient (Wildman–Crippen LogP) is 4.00. The molecule has 0 atom stereocenters. The van der Waals surface area contributed by atoms with Crippen LogP contribution in [-0.4, -0.2) is 17.1 Å². The lowest BCUT2D eigenvalue weighted by atomic mass is 10.1. The average Bonchev–Trinajstić information content (AvgIpc) is 2.46. The Labute approximate surface area is 123 Å². The van der Waals surface area contributed by atoms with Crippen LogP contribution in [0.5, 0.6) is 5.75 Å². The highest BCUT2D eigenvalue weighted by molar-refractivity contribution is 5.95. The Morgan fingerprint density at radius 3 is 2.43 bits per heavy atom. The van der Waals surface area contributed by atoms with Crippen LogP contribution in [0.3, 0.4) is 0 Å². The van der Waals surface area contributed by atoms with Gasteiger partial charge in [-0.15, -0.1) is 0 Å². The van der Waals surface area contributed by atoms with Crippen molar-refractivity contribution in [1.82, 2.24) is 9.97 Å². The van der Waals surface area contributed by atoms with Gasteiger partial charge >= 0.3 is 0 Å². The Morgan fingerprint density at radius 2 is 1.71 bits per heavy atom. The quantitative estimate of drug-likeness (QED) is 0.787. The number of anilines is 2. The molecule has 1 aromatic heterocycles. The maximum Gasteiger partial charge on any atom is 0.227 e. The molecule has 4 heteroatoms. The first-order valence-corrected chi connectivity index (χ1v) is 6.82. The molecule has 1 heterocycles. The van der Waals surface area contributed by atoms with Crippen molar-refractivity contribution in [3.05, 3.63) is 53.9 Å². The van der Waals surface area contributed by atoms with Crippen LogP contribution in [0.25, 0.3) is 10.8 Å². The Balaban J connectivity index is 2.07. The van der Waals surface area contributed by atoms with E-state index in [1.165, 1.54) is 0 Å². The van der Waals surface area contributed by atoms with Crippen molar-refractivity contribution < 1.29 is 4.74 Å². The van der Waals surface area contributed by atoms with Crippen molar-refractivity contribution in [2.45, 2.75) is 13.8 Å². The molecule has 0 spiro atoms. The van der Waals surface area contributed by atoms with E-state index in [4.69, 9.17) is 4.74 Å². The van der Waals surface area contributed by atoms with Crippen molar-refractivity contribution in [2.75, 3.05) is 12.4 Å². The third-order valence-corrected chi connectivity index (χ3v) is 3.32. The van der Waals surface area contributed by atoms with Crippen LogP contribution in [-0.2, 0) is 0 Å². The molecular formula is C17H17N3O.